The summed E-state index contributed by atoms with van der Waals surface area (Å²) in [4.78, 5) is 10.9. The lowest BCUT2D eigenvalue weighted by Crippen LogP contribution is -2.45. The maximum atomic E-state index is 10.9. The quantitative estimate of drug-likeness (QED) is 0.824. The van der Waals surface area contributed by atoms with Gasteiger partial charge in [0.15, 0.2) is 0 Å². The molecule has 0 radical (unpaired) electrons. The van der Waals surface area contributed by atoms with Crippen LogP contribution in [-0.4, -0.2) is 28.9 Å². The van der Waals surface area contributed by atoms with Gasteiger partial charge in [-0.05, 0) is 12.1 Å². The highest BCUT2D eigenvalue weighted by Crippen LogP contribution is 2.33. The van der Waals surface area contributed by atoms with Crippen LogP contribution in [0.1, 0.15) is 16.9 Å². The Morgan fingerprint density at radius 2 is 2.44 bits per heavy atom. The summed E-state index contributed by atoms with van der Waals surface area (Å²) in [5.41, 5.74) is 0.0436. The SMILES string of the molecule is N#CCC1(Cn2cccc2C(=O)O)COC1. The van der Waals surface area contributed by atoms with Gasteiger partial charge in [0.2, 0.25) is 0 Å². The molecule has 16 heavy (non-hydrogen) atoms. The number of hydrogen-bond acceptors (Lipinski definition) is 3. The normalized spacial score (nSPS) is 17.4. The predicted octanol–water partition coefficient (Wildman–Crippen LogP) is 1.12. The average Bonchev–Trinajstić information content (AvgIpc) is 2.62. The van der Waals surface area contributed by atoms with E-state index in [2.05, 4.69) is 6.07 Å². The van der Waals surface area contributed by atoms with E-state index in [0.717, 1.165) is 0 Å². The van der Waals surface area contributed by atoms with Crippen molar-refractivity contribution in [3.8, 4) is 6.07 Å². The zero-order valence-corrected chi connectivity index (χ0v) is 8.72. The number of aromatic nitrogens is 1. The van der Waals surface area contributed by atoms with Gasteiger partial charge in [-0.3, -0.25) is 0 Å². The Kier molecular flexibility index (Phi) is 2.67. The predicted molar refractivity (Wildman–Crippen MR) is 54.9 cm³/mol. The maximum absolute atomic E-state index is 10.9. The lowest BCUT2D eigenvalue weighted by atomic mass is 9.83. The van der Waals surface area contributed by atoms with Crippen molar-refractivity contribution in [3.05, 3.63) is 24.0 Å². The minimum atomic E-state index is -0.947. The van der Waals surface area contributed by atoms with Crippen LogP contribution in [0.25, 0.3) is 0 Å². The molecular formula is C11H12N2O3. The molecule has 1 N–H and O–H groups in total. The molecule has 1 aromatic heterocycles. The average molecular weight is 220 g/mol. The smallest absolute Gasteiger partial charge is 0.352 e. The Balaban J connectivity index is 2.17. The molecule has 1 aromatic rings. The minimum absolute atomic E-state index is 0.210. The van der Waals surface area contributed by atoms with Crippen molar-refractivity contribution in [1.82, 2.24) is 4.57 Å². The molecule has 0 spiro atoms. The van der Waals surface area contributed by atoms with E-state index < -0.39 is 5.97 Å². The number of rotatable bonds is 4. The number of carboxylic acids is 1. The van der Waals surface area contributed by atoms with E-state index in [1.165, 1.54) is 0 Å². The number of nitrogens with zero attached hydrogens (tertiary/aromatic N) is 2. The van der Waals surface area contributed by atoms with Gasteiger partial charge in [-0.2, -0.15) is 5.26 Å². The van der Waals surface area contributed by atoms with Gasteiger partial charge in [-0.1, -0.05) is 0 Å². The molecule has 1 aliphatic heterocycles. The highest BCUT2D eigenvalue weighted by Gasteiger charge is 2.39. The van der Waals surface area contributed by atoms with E-state index >= 15 is 0 Å². The highest BCUT2D eigenvalue weighted by molar-refractivity contribution is 5.85. The molecular weight excluding hydrogens is 208 g/mol. The molecule has 5 nitrogen and oxygen atoms in total. The van der Waals surface area contributed by atoms with E-state index in [1.54, 1.807) is 22.9 Å². The van der Waals surface area contributed by atoms with Crippen molar-refractivity contribution >= 4 is 5.97 Å². The second kappa shape index (κ2) is 3.99. The van der Waals surface area contributed by atoms with Crippen molar-refractivity contribution in [2.24, 2.45) is 5.41 Å². The van der Waals surface area contributed by atoms with Crippen molar-refractivity contribution in [2.45, 2.75) is 13.0 Å². The Morgan fingerprint density at radius 1 is 1.69 bits per heavy atom. The first-order chi connectivity index (χ1) is 7.67. The first-order valence-electron chi connectivity index (χ1n) is 5.00. The summed E-state index contributed by atoms with van der Waals surface area (Å²) in [6.45, 7) is 1.57. The van der Waals surface area contributed by atoms with Crippen LogP contribution in [-0.2, 0) is 11.3 Å². The molecule has 2 rings (SSSR count). The molecule has 0 aliphatic carbocycles. The van der Waals surface area contributed by atoms with Gasteiger partial charge in [0, 0.05) is 24.6 Å². The summed E-state index contributed by atoms with van der Waals surface area (Å²) in [5.74, 6) is -0.947. The van der Waals surface area contributed by atoms with Gasteiger partial charge in [0.1, 0.15) is 5.69 Å². The van der Waals surface area contributed by atoms with E-state index in [9.17, 15) is 4.79 Å². The number of ether oxygens (including phenoxy) is 1. The van der Waals surface area contributed by atoms with Crippen LogP contribution in [0.4, 0.5) is 0 Å². The molecule has 0 atom stereocenters. The van der Waals surface area contributed by atoms with Crippen LogP contribution in [0.5, 0.6) is 0 Å². The fourth-order valence-corrected chi connectivity index (χ4v) is 1.92. The van der Waals surface area contributed by atoms with Crippen LogP contribution < -0.4 is 0 Å². The Morgan fingerprint density at radius 3 is 2.94 bits per heavy atom. The summed E-state index contributed by atoms with van der Waals surface area (Å²) in [7, 11) is 0. The Labute approximate surface area is 92.9 Å². The van der Waals surface area contributed by atoms with E-state index in [-0.39, 0.29) is 11.1 Å². The fraction of sp³-hybridized carbons (Fsp3) is 0.455. The van der Waals surface area contributed by atoms with Gasteiger partial charge in [-0.25, -0.2) is 4.79 Å². The molecule has 0 unspecified atom stereocenters. The number of hydrogen-bond donors (Lipinski definition) is 1. The fourth-order valence-electron chi connectivity index (χ4n) is 1.92. The second-order valence-electron chi connectivity index (χ2n) is 4.15. The standard InChI is InChI=1S/C11H12N2O3/c12-4-3-11(7-16-8-11)6-13-5-1-2-9(13)10(14)15/h1-2,5H,3,6-8H2,(H,14,15). The van der Waals surface area contributed by atoms with Crippen molar-refractivity contribution in [2.75, 3.05) is 13.2 Å². The highest BCUT2D eigenvalue weighted by atomic mass is 16.5. The lowest BCUT2D eigenvalue weighted by Gasteiger charge is -2.40. The van der Waals surface area contributed by atoms with E-state index in [0.29, 0.717) is 26.2 Å². The molecule has 0 amide bonds. The van der Waals surface area contributed by atoms with Gasteiger partial charge >= 0.3 is 5.97 Å². The van der Waals surface area contributed by atoms with Crippen LogP contribution in [0.2, 0.25) is 0 Å². The Bertz CT molecular complexity index is 440. The molecule has 2 heterocycles. The van der Waals surface area contributed by atoms with E-state index in [1.807, 2.05) is 0 Å². The molecule has 1 saturated heterocycles. The third-order valence-corrected chi connectivity index (χ3v) is 2.82. The minimum Gasteiger partial charge on any atom is -0.477 e. The number of aromatic carboxylic acids is 1. The topological polar surface area (TPSA) is 75.2 Å². The molecule has 1 fully saturated rings. The zero-order valence-electron chi connectivity index (χ0n) is 8.72. The number of nitriles is 1. The van der Waals surface area contributed by atoms with Crippen molar-refractivity contribution in [3.63, 3.8) is 0 Å². The monoisotopic (exact) mass is 220 g/mol. The molecule has 0 bridgehead atoms. The largest absolute Gasteiger partial charge is 0.477 e. The molecule has 1 aliphatic rings. The summed E-state index contributed by atoms with van der Waals surface area (Å²) < 4.78 is 6.80. The molecule has 84 valence electrons. The number of carboxylic acid groups (broad SMARTS) is 1. The summed E-state index contributed by atoms with van der Waals surface area (Å²) >= 11 is 0. The van der Waals surface area contributed by atoms with E-state index in [4.69, 9.17) is 15.1 Å². The first-order valence-corrected chi connectivity index (χ1v) is 5.00. The number of carbonyl (C=O) groups is 1. The van der Waals surface area contributed by atoms with Crippen LogP contribution in [0, 0.1) is 16.7 Å². The summed E-state index contributed by atoms with van der Waals surface area (Å²) in [6.07, 6.45) is 2.12. The summed E-state index contributed by atoms with van der Waals surface area (Å²) in [5, 5.41) is 17.7. The van der Waals surface area contributed by atoms with Gasteiger partial charge in [0.05, 0.1) is 19.3 Å². The van der Waals surface area contributed by atoms with Crippen LogP contribution >= 0.6 is 0 Å². The van der Waals surface area contributed by atoms with Crippen LogP contribution in [0.3, 0.4) is 0 Å². The van der Waals surface area contributed by atoms with Gasteiger partial charge < -0.3 is 14.4 Å². The third-order valence-electron chi connectivity index (χ3n) is 2.82. The first kappa shape index (κ1) is 10.7. The molecule has 0 saturated carbocycles. The molecule has 5 heteroatoms. The van der Waals surface area contributed by atoms with Crippen molar-refractivity contribution in [1.29, 1.82) is 5.26 Å². The second-order valence-corrected chi connectivity index (χ2v) is 4.15. The summed E-state index contributed by atoms with van der Waals surface area (Å²) in [6, 6.07) is 5.39. The zero-order chi connectivity index (χ0) is 11.6. The van der Waals surface area contributed by atoms with Gasteiger partial charge in [-0.15, -0.1) is 0 Å². The Hall–Kier alpha value is -1.80. The lowest BCUT2D eigenvalue weighted by molar-refractivity contribution is -0.119. The molecule has 0 aromatic carbocycles. The van der Waals surface area contributed by atoms with Gasteiger partial charge in [0.25, 0.3) is 0 Å². The third kappa shape index (κ3) is 1.79. The van der Waals surface area contributed by atoms with Crippen LogP contribution in [0.15, 0.2) is 18.3 Å². The van der Waals surface area contributed by atoms with Crippen molar-refractivity contribution < 1.29 is 14.6 Å². The maximum Gasteiger partial charge on any atom is 0.352 e.